The fourth-order valence-electron chi connectivity index (χ4n) is 4.09. The summed E-state index contributed by atoms with van der Waals surface area (Å²) in [5, 5.41) is 3.33. The highest BCUT2D eigenvalue weighted by molar-refractivity contribution is 7.92. The molecule has 0 aliphatic heterocycles. The van der Waals surface area contributed by atoms with E-state index in [0.717, 1.165) is 21.0 Å². The summed E-state index contributed by atoms with van der Waals surface area (Å²) in [6.45, 7) is 11.3. The maximum atomic E-state index is 14.0. The number of anilines is 1. The van der Waals surface area contributed by atoms with Crippen molar-refractivity contribution in [1.29, 1.82) is 0 Å². The molecule has 0 spiro atoms. The lowest BCUT2D eigenvalue weighted by atomic mass is 10.1. The Labute approximate surface area is 243 Å². The predicted octanol–water partition coefficient (Wildman–Crippen LogP) is 5.65. The normalized spacial score (nSPS) is 12.2. The van der Waals surface area contributed by atoms with Gasteiger partial charge in [0.05, 0.1) is 10.6 Å². The van der Waals surface area contributed by atoms with Gasteiger partial charge in [0.2, 0.25) is 11.8 Å². The summed E-state index contributed by atoms with van der Waals surface area (Å²) < 4.78 is 29.0. The first-order valence-corrected chi connectivity index (χ1v) is 15.1. The first-order chi connectivity index (χ1) is 18.8. The van der Waals surface area contributed by atoms with Crippen LogP contribution in [0.4, 0.5) is 5.69 Å². The molecule has 40 heavy (non-hydrogen) atoms. The number of hydrogen-bond acceptors (Lipinski definition) is 4. The number of aryl methyl sites for hydroxylation is 3. The van der Waals surface area contributed by atoms with Crippen molar-refractivity contribution in [3.63, 3.8) is 0 Å². The van der Waals surface area contributed by atoms with Gasteiger partial charge in [0.1, 0.15) is 12.6 Å². The minimum Gasteiger partial charge on any atom is -0.354 e. The third-order valence-electron chi connectivity index (χ3n) is 6.82. The molecular formula is C31H38ClN3O4S. The number of sulfonamides is 1. The highest BCUT2D eigenvalue weighted by Gasteiger charge is 2.33. The molecule has 3 aromatic carbocycles. The molecule has 0 aliphatic rings. The molecule has 0 saturated heterocycles. The fraction of sp³-hybridized carbons (Fsp3) is 0.355. The van der Waals surface area contributed by atoms with Crippen LogP contribution in [0.2, 0.25) is 5.02 Å². The Morgan fingerprint density at radius 3 is 2.15 bits per heavy atom. The molecule has 0 aromatic heterocycles. The van der Waals surface area contributed by atoms with Crippen molar-refractivity contribution in [1.82, 2.24) is 10.2 Å². The molecule has 0 heterocycles. The summed E-state index contributed by atoms with van der Waals surface area (Å²) in [5.41, 5.74) is 3.83. The van der Waals surface area contributed by atoms with E-state index in [1.165, 1.54) is 17.0 Å². The van der Waals surface area contributed by atoms with Crippen molar-refractivity contribution in [3.8, 4) is 0 Å². The van der Waals surface area contributed by atoms with E-state index in [-0.39, 0.29) is 23.3 Å². The van der Waals surface area contributed by atoms with Gasteiger partial charge in [-0.3, -0.25) is 13.9 Å². The lowest BCUT2D eigenvalue weighted by Crippen LogP contribution is -2.51. The molecule has 1 unspecified atom stereocenters. The van der Waals surface area contributed by atoms with E-state index in [9.17, 15) is 18.0 Å². The van der Waals surface area contributed by atoms with E-state index in [1.807, 2.05) is 40.7 Å². The van der Waals surface area contributed by atoms with Gasteiger partial charge in [-0.2, -0.15) is 0 Å². The van der Waals surface area contributed by atoms with Crippen LogP contribution in [-0.4, -0.2) is 44.3 Å². The summed E-state index contributed by atoms with van der Waals surface area (Å²) in [6, 6.07) is 18.0. The minimum absolute atomic E-state index is 0.0418. The van der Waals surface area contributed by atoms with Crippen LogP contribution in [0, 0.1) is 26.7 Å². The molecule has 0 fully saturated rings. The van der Waals surface area contributed by atoms with E-state index in [0.29, 0.717) is 22.8 Å². The van der Waals surface area contributed by atoms with Crippen LogP contribution in [0.1, 0.15) is 43.0 Å². The van der Waals surface area contributed by atoms with Gasteiger partial charge in [-0.15, -0.1) is 0 Å². The Bertz CT molecular complexity index is 1460. The smallest absolute Gasteiger partial charge is 0.264 e. The van der Waals surface area contributed by atoms with Crippen LogP contribution in [0.15, 0.2) is 71.6 Å². The van der Waals surface area contributed by atoms with Crippen LogP contribution < -0.4 is 9.62 Å². The Morgan fingerprint density at radius 1 is 0.900 bits per heavy atom. The molecule has 0 saturated carbocycles. The molecule has 3 rings (SSSR count). The molecule has 0 radical (unpaired) electrons. The largest absolute Gasteiger partial charge is 0.354 e. The number of carbonyl (C=O) groups excluding carboxylic acids is 2. The average molecular weight is 584 g/mol. The molecule has 214 valence electrons. The van der Waals surface area contributed by atoms with Gasteiger partial charge in [-0.25, -0.2) is 8.42 Å². The van der Waals surface area contributed by atoms with Crippen molar-refractivity contribution in [2.24, 2.45) is 5.92 Å². The van der Waals surface area contributed by atoms with Crippen LogP contribution in [0.3, 0.4) is 0 Å². The van der Waals surface area contributed by atoms with Gasteiger partial charge in [-0.1, -0.05) is 67.4 Å². The number of halogens is 1. The van der Waals surface area contributed by atoms with Crippen molar-refractivity contribution >= 4 is 39.1 Å². The second-order valence-electron chi connectivity index (χ2n) is 10.5. The van der Waals surface area contributed by atoms with E-state index >= 15 is 0 Å². The lowest BCUT2D eigenvalue weighted by Gasteiger charge is -2.32. The maximum Gasteiger partial charge on any atom is 0.264 e. The van der Waals surface area contributed by atoms with Crippen molar-refractivity contribution in [2.75, 3.05) is 17.4 Å². The van der Waals surface area contributed by atoms with Gasteiger partial charge >= 0.3 is 0 Å². The number of hydrogen-bond donors (Lipinski definition) is 1. The molecule has 0 bridgehead atoms. The quantitative estimate of drug-likeness (QED) is 0.316. The summed E-state index contributed by atoms with van der Waals surface area (Å²) in [4.78, 5) is 28.6. The molecule has 1 atom stereocenters. The van der Waals surface area contributed by atoms with Gasteiger partial charge in [0.15, 0.2) is 0 Å². The van der Waals surface area contributed by atoms with E-state index in [1.54, 1.807) is 55.5 Å². The summed E-state index contributed by atoms with van der Waals surface area (Å²) in [5.74, 6) is -0.627. The number of nitrogens with zero attached hydrogens (tertiary/aromatic N) is 2. The summed E-state index contributed by atoms with van der Waals surface area (Å²) in [7, 11) is -4.12. The molecule has 9 heteroatoms. The molecule has 7 nitrogen and oxygen atoms in total. The summed E-state index contributed by atoms with van der Waals surface area (Å²) in [6.07, 6.45) is 0. The van der Waals surface area contributed by atoms with Crippen LogP contribution >= 0.6 is 11.6 Å². The average Bonchev–Trinajstić information content (AvgIpc) is 2.91. The molecule has 3 aromatic rings. The van der Waals surface area contributed by atoms with Crippen molar-refractivity contribution < 1.29 is 18.0 Å². The van der Waals surface area contributed by atoms with Gasteiger partial charge in [0.25, 0.3) is 10.0 Å². The van der Waals surface area contributed by atoms with Crippen LogP contribution in [0.5, 0.6) is 0 Å². The molecule has 1 N–H and O–H groups in total. The number of benzene rings is 3. The number of amides is 2. The Balaban J connectivity index is 2.05. The third kappa shape index (κ3) is 7.64. The van der Waals surface area contributed by atoms with Crippen molar-refractivity contribution in [2.45, 2.75) is 59.0 Å². The topological polar surface area (TPSA) is 86.8 Å². The van der Waals surface area contributed by atoms with Gasteiger partial charge < -0.3 is 10.2 Å². The SMILES string of the molecule is Cc1ccc(S(=O)(=O)N(CC(=O)N(Cc2ccccc2Cl)C(C)C(=O)NCC(C)C)c2ccc(C)c(C)c2)cc1. The standard InChI is InChI=1S/C31H38ClN3O4S/c1-21(2)18-33-31(37)25(6)34(19-26-9-7-8-10-29(26)32)30(36)20-35(27-14-13-23(4)24(5)17-27)40(38,39)28-15-11-22(3)12-16-28/h7-17,21,25H,18-20H2,1-6H3,(H,33,37). The predicted molar refractivity (Wildman–Crippen MR) is 161 cm³/mol. The first-order valence-electron chi connectivity index (χ1n) is 13.3. The Morgan fingerprint density at radius 2 is 1.55 bits per heavy atom. The Hall–Kier alpha value is -3.36. The minimum atomic E-state index is -4.12. The lowest BCUT2D eigenvalue weighted by molar-refractivity contribution is -0.139. The monoisotopic (exact) mass is 583 g/mol. The molecule has 0 aliphatic carbocycles. The zero-order valence-electron chi connectivity index (χ0n) is 23.9. The van der Waals surface area contributed by atoms with E-state index in [4.69, 9.17) is 11.6 Å². The van der Waals surface area contributed by atoms with E-state index < -0.39 is 28.5 Å². The molecule has 2 amide bonds. The second-order valence-corrected chi connectivity index (χ2v) is 12.8. The Kier molecular flexibility index (Phi) is 10.4. The van der Waals surface area contributed by atoms with Gasteiger partial charge in [-0.05, 0) is 80.6 Å². The third-order valence-corrected chi connectivity index (χ3v) is 8.97. The van der Waals surface area contributed by atoms with Crippen LogP contribution in [-0.2, 0) is 26.2 Å². The first kappa shape index (κ1) is 31.2. The highest BCUT2D eigenvalue weighted by Crippen LogP contribution is 2.27. The van der Waals surface area contributed by atoms with Gasteiger partial charge in [0, 0.05) is 18.1 Å². The van der Waals surface area contributed by atoms with Crippen molar-refractivity contribution in [3.05, 3.63) is 94.0 Å². The summed E-state index contributed by atoms with van der Waals surface area (Å²) >= 11 is 6.41. The maximum absolute atomic E-state index is 14.0. The molecular weight excluding hydrogens is 546 g/mol. The highest BCUT2D eigenvalue weighted by atomic mass is 35.5. The van der Waals surface area contributed by atoms with E-state index in [2.05, 4.69) is 5.32 Å². The fourth-order valence-corrected chi connectivity index (χ4v) is 5.69. The zero-order valence-corrected chi connectivity index (χ0v) is 25.5. The van der Waals surface area contributed by atoms with Crippen LogP contribution in [0.25, 0.3) is 0 Å². The number of rotatable bonds is 11. The number of nitrogens with one attached hydrogen (secondary N) is 1. The second kappa shape index (κ2) is 13.3. The zero-order chi connectivity index (χ0) is 29.6. The number of carbonyl (C=O) groups is 2.